The first kappa shape index (κ1) is 16.6. The highest BCUT2D eigenvalue weighted by Gasteiger charge is 2.22. The highest BCUT2D eigenvalue weighted by molar-refractivity contribution is 6.36. The molecule has 5 heteroatoms. The van der Waals surface area contributed by atoms with Crippen molar-refractivity contribution in [3.05, 3.63) is 33.8 Å². The summed E-state index contributed by atoms with van der Waals surface area (Å²) in [5, 5.41) is 4.46. The molecular formula is C16H22Cl2N2O. The van der Waals surface area contributed by atoms with Gasteiger partial charge < -0.3 is 10.2 Å². The van der Waals surface area contributed by atoms with E-state index in [2.05, 4.69) is 12.2 Å². The van der Waals surface area contributed by atoms with Crippen molar-refractivity contribution in [2.45, 2.75) is 38.6 Å². The second-order valence-corrected chi connectivity index (χ2v) is 6.37. The van der Waals surface area contributed by atoms with Crippen LogP contribution in [0.4, 0.5) is 0 Å². The van der Waals surface area contributed by atoms with Gasteiger partial charge in [0.1, 0.15) is 0 Å². The fourth-order valence-corrected chi connectivity index (χ4v) is 3.21. The van der Waals surface area contributed by atoms with E-state index >= 15 is 0 Å². The smallest absolute Gasteiger partial charge is 0.255 e. The number of halogens is 2. The van der Waals surface area contributed by atoms with Gasteiger partial charge in [-0.1, -0.05) is 36.5 Å². The number of piperidine rings is 1. The van der Waals surface area contributed by atoms with E-state index in [9.17, 15) is 4.79 Å². The lowest BCUT2D eigenvalue weighted by atomic mass is 10.0. The van der Waals surface area contributed by atoms with Crippen LogP contribution in [0.2, 0.25) is 10.0 Å². The Hall–Kier alpha value is -0.770. The monoisotopic (exact) mass is 328 g/mol. The Labute approximate surface area is 136 Å². The van der Waals surface area contributed by atoms with Crippen LogP contribution in [0.1, 0.15) is 43.0 Å². The number of rotatable bonds is 5. The molecule has 1 saturated heterocycles. The van der Waals surface area contributed by atoms with E-state index in [-0.39, 0.29) is 5.91 Å². The number of hydrogen-bond donors (Lipinski definition) is 1. The maximum Gasteiger partial charge on any atom is 0.255 e. The number of benzene rings is 1. The van der Waals surface area contributed by atoms with E-state index in [0.29, 0.717) is 21.7 Å². The molecule has 0 spiro atoms. The van der Waals surface area contributed by atoms with Crippen LogP contribution < -0.4 is 5.32 Å². The Morgan fingerprint density at radius 3 is 2.81 bits per heavy atom. The summed E-state index contributed by atoms with van der Waals surface area (Å²) in [5.74, 6) is -0.00844. The summed E-state index contributed by atoms with van der Waals surface area (Å²) in [7, 11) is 0. The molecule has 1 aliphatic rings. The molecule has 3 nitrogen and oxygen atoms in total. The highest BCUT2D eigenvalue weighted by Crippen LogP contribution is 2.23. The molecular weight excluding hydrogens is 307 g/mol. The van der Waals surface area contributed by atoms with Crippen LogP contribution in [0.15, 0.2) is 18.2 Å². The fraction of sp³-hybridized carbons (Fsp3) is 0.562. The Morgan fingerprint density at radius 2 is 2.19 bits per heavy atom. The summed E-state index contributed by atoms with van der Waals surface area (Å²) >= 11 is 12.1. The van der Waals surface area contributed by atoms with Gasteiger partial charge in [0.05, 0.1) is 10.6 Å². The molecule has 1 aliphatic heterocycles. The maximum absolute atomic E-state index is 12.7. The number of carbonyl (C=O) groups excluding carboxylic acids is 1. The van der Waals surface area contributed by atoms with Gasteiger partial charge in [0.15, 0.2) is 0 Å². The third kappa shape index (κ3) is 4.60. The summed E-state index contributed by atoms with van der Waals surface area (Å²) < 4.78 is 0. The lowest BCUT2D eigenvalue weighted by molar-refractivity contribution is 0.0732. The molecule has 1 unspecified atom stereocenters. The van der Waals surface area contributed by atoms with E-state index in [4.69, 9.17) is 23.2 Å². The molecule has 1 heterocycles. The molecule has 1 aromatic carbocycles. The number of nitrogens with one attached hydrogen (secondary N) is 1. The Kier molecular flexibility index (Phi) is 6.34. The van der Waals surface area contributed by atoms with Crippen molar-refractivity contribution in [3.63, 3.8) is 0 Å². The predicted octanol–water partition coefficient (Wildman–Crippen LogP) is 3.99. The van der Waals surface area contributed by atoms with Crippen molar-refractivity contribution in [2.75, 3.05) is 19.6 Å². The standard InChI is InChI=1S/C16H22Cl2N2O/c1-2-9-20(11-13-5-3-4-8-19-13)16(21)14-7-6-12(17)10-15(14)18/h6-7,10,13,19H,2-5,8-9,11H2,1H3. The zero-order valence-corrected chi connectivity index (χ0v) is 13.9. The number of amides is 1. The van der Waals surface area contributed by atoms with Gasteiger partial charge in [0, 0.05) is 24.2 Å². The molecule has 1 amide bonds. The van der Waals surface area contributed by atoms with Gasteiger partial charge >= 0.3 is 0 Å². The highest BCUT2D eigenvalue weighted by atomic mass is 35.5. The normalized spacial score (nSPS) is 18.5. The predicted molar refractivity (Wildman–Crippen MR) is 88.3 cm³/mol. The lowest BCUT2D eigenvalue weighted by Gasteiger charge is -2.30. The third-order valence-corrected chi connectivity index (χ3v) is 4.34. The molecule has 2 rings (SSSR count). The average Bonchev–Trinajstić information content (AvgIpc) is 2.47. The van der Waals surface area contributed by atoms with E-state index in [0.717, 1.165) is 32.5 Å². The number of nitrogens with zero attached hydrogens (tertiary/aromatic N) is 1. The molecule has 0 radical (unpaired) electrons. The van der Waals surface area contributed by atoms with Crippen LogP contribution in [-0.4, -0.2) is 36.5 Å². The van der Waals surface area contributed by atoms with Crippen molar-refractivity contribution < 1.29 is 4.79 Å². The van der Waals surface area contributed by atoms with E-state index in [1.54, 1.807) is 18.2 Å². The second-order valence-electron chi connectivity index (χ2n) is 5.52. The molecule has 116 valence electrons. The molecule has 1 atom stereocenters. The molecule has 0 saturated carbocycles. The van der Waals surface area contributed by atoms with Gasteiger partial charge in [0.25, 0.3) is 5.91 Å². The van der Waals surface area contributed by atoms with Crippen LogP contribution >= 0.6 is 23.2 Å². The van der Waals surface area contributed by atoms with Crippen LogP contribution in [0.5, 0.6) is 0 Å². The Bertz CT molecular complexity index is 487. The molecule has 1 N–H and O–H groups in total. The Balaban J connectivity index is 2.10. The molecule has 21 heavy (non-hydrogen) atoms. The van der Waals surface area contributed by atoms with Crippen molar-refractivity contribution >= 4 is 29.1 Å². The molecule has 1 fully saturated rings. The summed E-state index contributed by atoms with van der Waals surface area (Å²) in [6.45, 7) is 4.61. The van der Waals surface area contributed by atoms with E-state index in [1.165, 1.54) is 12.8 Å². The molecule has 0 aromatic heterocycles. The fourth-order valence-electron chi connectivity index (χ4n) is 2.72. The lowest BCUT2D eigenvalue weighted by Crippen LogP contribution is -2.46. The van der Waals surface area contributed by atoms with Gasteiger partial charge in [-0.25, -0.2) is 0 Å². The van der Waals surface area contributed by atoms with Gasteiger partial charge in [-0.2, -0.15) is 0 Å². The third-order valence-electron chi connectivity index (χ3n) is 3.80. The minimum absolute atomic E-state index is 0.00844. The largest absolute Gasteiger partial charge is 0.337 e. The first-order valence-corrected chi connectivity index (χ1v) is 8.35. The summed E-state index contributed by atoms with van der Waals surface area (Å²) in [5.41, 5.74) is 0.533. The SMILES string of the molecule is CCCN(CC1CCCCN1)C(=O)c1ccc(Cl)cc1Cl. The van der Waals surface area contributed by atoms with Gasteiger partial charge in [-0.15, -0.1) is 0 Å². The Morgan fingerprint density at radius 1 is 1.38 bits per heavy atom. The second kappa shape index (κ2) is 8.02. The van der Waals surface area contributed by atoms with Crippen molar-refractivity contribution in [1.29, 1.82) is 0 Å². The van der Waals surface area contributed by atoms with Crippen molar-refractivity contribution in [3.8, 4) is 0 Å². The van der Waals surface area contributed by atoms with Gasteiger partial charge in [0.2, 0.25) is 0 Å². The van der Waals surface area contributed by atoms with Crippen molar-refractivity contribution in [1.82, 2.24) is 10.2 Å². The quantitative estimate of drug-likeness (QED) is 0.886. The topological polar surface area (TPSA) is 32.3 Å². The maximum atomic E-state index is 12.7. The molecule has 1 aromatic rings. The van der Waals surface area contributed by atoms with Crippen LogP contribution in [-0.2, 0) is 0 Å². The first-order valence-electron chi connectivity index (χ1n) is 7.59. The van der Waals surface area contributed by atoms with Crippen LogP contribution in [0.25, 0.3) is 0 Å². The first-order chi connectivity index (χ1) is 10.1. The summed E-state index contributed by atoms with van der Waals surface area (Å²) in [4.78, 5) is 14.6. The van der Waals surface area contributed by atoms with Gasteiger partial charge in [-0.05, 0) is 44.0 Å². The zero-order valence-electron chi connectivity index (χ0n) is 12.4. The minimum atomic E-state index is -0.00844. The molecule has 0 bridgehead atoms. The van der Waals surface area contributed by atoms with Crippen LogP contribution in [0, 0.1) is 0 Å². The zero-order chi connectivity index (χ0) is 15.2. The van der Waals surface area contributed by atoms with Gasteiger partial charge in [-0.3, -0.25) is 4.79 Å². The average molecular weight is 329 g/mol. The number of carbonyl (C=O) groups is 1. The van der Waals surface area contributed by atoms with Crippen molar-refractivity contribution in [2.24, 2.45) is 0 Å². The molecule has 0 aliphatic carbocycles. The minimum Gasteiger partial charge on any atom is -0.337 e. The number of hydrogen-bond acceptors (Lipinski definition) is 2. The summed E-state index contributed by atoms with van der Waals surface area (Å²) in [6.07, 6.45) is 4.51. The summed E-state index contributed by atoms with van der Waals surface area (Å²) in [6, 6.07) is 5.44. The van der Waals surface area contributed by atoms with E-state index < -0.39 is 0 Å². The van der Waals surface area contributed by atoms with Crippen LogP contribution in [0.3, 0.4) is 0 Å². The van der Waals surface area contributed by atoms with E-state index in [1.807, 2.05) is 4.90 Å².